The van der Waals surface area contributed by atoms with E-state index in [1.54, 1.807) is 6.20 Å². The molecule has 1 atom stereocenters. The van der Waals surface area contributed by atoms with E-state index in [-0.39, 0.29) is 6.04 Å². The van der Waals surface area contributed by atoms with Gasteiger partial charge in [0.15, 0.2) is 0 Å². The van der Waals surface area contributed by atoms with Crippen LogP contribution in [0.15, 0.2) is 18.3 Å². The second-order valence-corrected chi connectivity index (χ2v) is 7.43. The summed E-state index contributed by atoms with van der Waals surface area (Å²) in [5, 5.41) is 0. The first-order chi connectivity index (χ1) is 9.36. The van der Waals surface area contributed by atoms with Crippen LogP contribution in [0.1, 0.15) is 52.0 Å². The predicted molar refractivity (Wildman–Crippen MR) is 85.2 cm³/mol. The third kappa shape index (κ3) is 3.95. The monoisotopic (exact) mass is 275 g/mol. The summed E-state index contributed by atoms with van der Waals surface area (Å²) in [7, 11) is 0. The van der Waals surface area contributed by atoms with Gasteiger partial charge in [0.25, 0.3) is 0 Å². The molecule has 1 aliphatic carbocycles. The van der Waals surface area contributed by atoms with Crippen molar-refractivity contribution in [3.63, 3.8) is 0 Å². The first-order valence-corrected chi connectivity index (χ1v) is 7.82. The first-order valence-electron chi connectivity index (χ1n) is 7.82. The molecular weight excluding hydrogens is 246 g/mol. The van der Waals surface area contributed by atoms with Crippen molar-refractivity contribution in [1.82, 2.24) is 4.98 Å². The lowest BCUT2D eigenvalue weighted by atomic mass is 9.68. The molecule has 1 saturated carbocycles. The number of anilines is 1. The van der Waals surface area contributed by atoms with Gasteiger partial charge in [-0.05, 0) is 67.1 Å². The Bertz CT molecular complexity index is 428. The van der Waals surface area contributed by atoms with Gasteiger partial charge in [-0.2, -0.15) is 0 Å². The fourth-order valence-corrected chi connectivity index (χ4v) is 3.47. The highest BCUT2D eigenvalue weighted by Gasteiger charge is 2.31. The van der Waals surface area contributed by atoms with Crippen molar-refractivity contribution >= 4 is 5.82 Å². The second kappa shape index (κ2) is 6.13. The third-order valence-electron chi connectivity index (χ3n) is 4.92. The summed E-state index contributed by atoms with van der Waals surface area (Å²) in [6.07, 6.45) is 7.86. The highest BCUT2D eigenvalue weighted by atomic mass is 14.8. The van der Waals surface area contributed by atoms with E-state index in [1.807, 2.05) is 12.1 Å². The fourth-order valence-electron chi connectivity index (χ4n) is 3.47. The maximum absolute atomic E-state index is 6.42. The summed E-state index contributed by atoms with van der Waals surface area (Å²) < 4.78 is 0. The predicted octanol–water partition coefficient (Wildman–Crippen LogP) is 3.39. The van der Waals surface area contributed by atoms with Crippen LogP contribution in [0.4, 0.5) is 5.82 Å². The van der Waals surface area contributed by atoms with Crippen LogP contribution in [0.2, 0.25) is 0 Å². The van der Waals surface area contributed by atoms with Gasteiger partial charge >= 0.3 is 0 Å². The van der Waals surface area contributed by atoms with Crippen molar-refractivity contribution in [1.29, 1.82) is 0 Å². The van der Waals surface area contributed by atoms with E-state index in [2.05, 4.69) is 25.8 Å². The highest BCUT2D eigenvalue weighted by molar-refractivity contribution is 5.32. The molecule has 1 heterocycles. The third-order valence-corrected chi connectivity index (χ3v) is 4.92. The standard InChI is InChI=1S/C17H29N3/c1-17(2,3)14-6-4-13(5-7-14)15(18)10-12-8-9-20-16(19)11-12/h8-9,11,13-15H,4-7,10,18H2,1-3H3,(H2,19,20). The van der Waals surface area contributed by atoms with E-state index < -0.39 is 0 Å². The molecular formula is C17H29N3. The lowest BCUT2D eigenvalue weighted by Crippen LogP contribution is -2.36. The van der Waals surface area contributed by atoms with E-state index in [4.69, 9.17) is 11.5 Å². The molecule has 0 saturated heterocycles. The topological polar surface area (TPSA) is 64.9 Å². The largest absolute Gasteiger partial charge is 0.384 e. The number of hydrogen-bond donors (Lipinski definition) is 2. The van der Waals surface area contributed by atoms with Gasteiger partial charge in [0.05, 0.1) is 0 Å². The molecule has 0 bridgehead atoms. The Labute approximate surface area is 123 Å². The number of hydrogen-bond acceptors (Lipinski definition) is 3. The van der Waals surface area contributed by atoms with E-state index in [0.29, 0.717) is 17.2 Å². The van der Waals surface area contributed by atoms with Crippen LogP contribution in [0.3, 0.4) is 0 Å². The van der Waals surface area contributed by atoms with E-state index in [9.17, 15) is 0 Å². The number of nitrogen functional groups attached to an aromatic ring is 1. The lowest BCUT2D eigenvalue weighted by Gasteiger charge is -2.38. The molecule has 1 aliphatic rings. The zero-order valence-corrected chi connectivity index (χ0v) is 13.1. The van der Waals surface area contributed by atoms with Crippen molar-refractivity contribution in [2.75, 3.05) is 5.73 Å². The second-order valence-electron chi connectivity index (χ2n) is 7.43. The molecule has 0 aromatic carbocycles. The maximum Gasteiger partial charge on any atom is 0.123 e. The molecule has 1 fully saturated rings. The molecule has 1 unspecified atom stereocenters. The summed E-state index contributed by atoms with van der Waals surface area (Å²) in [4.78, 5) is 4.03. The van der Waals surface area contributed by atoms with Crippen LogP contribution in [-0.4, -0.2) is 11.0 Å². The summed E-state index contributed by atoms with van der Waals surface area (Å²) >= 11 is 0. The van der Waals surface area contributed by atoms with Crippen molar-refractivity contribution < 1.29 is 0 Å². The van der Waals surface area contributed by atoms with Gasteiger partial charge in [0.1, 0.15) is 5.82 Å². The van der Waals surface area contributed by atoms with Gasteiger partial charge in [-0.3, -0.25) is 0 Å². The van der Waals surface area contributed by atoms with Crippen LogP contribution in [0.25, 0.3) is 0 Å². The zero-order valence-electron chi connectivity index (χ0n) is 13.1. The average molecular weight is 275 g/mol. The van der Waals surface area contributed by atoms with Crippen LogP contribution in [0, 0.1) is 17.3 Å². The Morgan fingerprint density at radius 3 is 2.45 bits per heavy atom. The van der Waals surface area contributed by atoms with E-state index >= 15 is 0 Å². The Hall–Kier alpha value is -1.09. The number of nitrogens with two attached hydrogens (primary N) is 2. The average Bonchev–Trinajstić information content (AvgIpc) is 2.38. The molecule has 0 spiro atoms. The van der Waals surface area contributed by atoms with E-state index in [1.165, 1.54) is 31.2 Å². The van der Waals surface area contributed by atoms with Gasteiger partial charge in [0.2, 0.25) is 0 Å². The van der Waals surface area contributed by atoms with Gasteiger partial charge in [-0.25, -0.2) is 4.98 Å². The van der Waals surface area contributed by atoms with Gasteiger partial charge in [-0.15, -0.1) is 0 Å². The van der Waals surface area contributed by atoms with Crippen LogP contribution in [0.5, 0.6) is 0 Å². The van der Waals surface area contributed by atoms with Crippen LogP contribution >= 0.6 is 0 Å². The number of rotatable bonds is 3. The number of nitrogens with zero attached hydrogens (tertiary/aromatic N) is 1. The molecule has 0 aliphatic heterocycles. The van der Waals surface area contributed by atoms with Crippen molar-refractivity contribution in [2.45, 2.75) is 58.9 Å². The minimum Gasteiger partial charge on any atom is -0.384 e. The zero-order chi connectivity index (χ0) is 14.8. The first kappa shape index (κ1) is 15.3. The molecule has 3 heteroatoms. The molecule has 4 N–H and O–H groups in total. The Balaban J connectivity index is 1.87. The van der Waals surface area contributed by atoms with Crippen molar-refractivity contribution in [3.05, 3.63) is 23.9 Å². The number of pyridine rings is 1. The van der Waals surface area contributed by atoms with Crippen molar-refractivity contribution in [2.24, 2.45) is 23.0 Å². The number of aromatic nitrogens is 1. The Kier molecular flexibility index (Phi) is 4.69. The van der Waals surface area contributed by atoms with Crippen LogP contribution in [-0.2, 0) is 6.42 Å². The molecule has 0 amide bonds. The maximum atomic E-state index is 6.42. The van der Waals surface area contributed by atoms with Gasteiger partial charge in [-0.1, -0.05) is 20.8 Å². The minimum absolute atomic E-state index is 0.248. The van der Waals surface area contributed by atoms with Crippen LogP contribution < -0.4 is 11.5 Å². The SMILES string of the molecule is CC(C)(C)C1CCC(C(N)Cc2ccnc(N)c2)CC1. The summed E-state index contributed by atoms with van der Waals surface area (Å²) in [6, 6.07) is 4.22. The normalized spacial score (nSPS) is 25.4. The molecule has 1 aromatic heterocycles. The van der Waals surface area contributed by atoms with Crippen molar-refractivity contribution in [3.8, 4) is 0 Å². The van der Waals surface area contributed by atoms with Gasteiger partial charge in [0, 0.05) is 12.2 Å². The highest BCUT2D eigenvalue weighted by Crippen LogP contribution is 2.40. The molecule has 0 radical (unpaired) electrons. The summed E-state index contributed by atoms with van der Waals surface area (Å²) in [5.74, 6) is 2.09. The smallest absolute Gasteiger partial charge is 0.123 e. The Morgan fingerprint density at radius 2 is 1.90 bits per heavy atom. The molecule has 2 rings (SSSR count). The Morgan fingerprint density at radius 1 is 1.25 bits per heavy atom. The lowest BCUT2D eigenvalue weighted by molar-refractivity contribution is 0.139. The van der Waals surface area contributed by atoms with E-state index in [0.717, 1.165) is 12.3 Å². The molecule has 112 valence electrons. The quantitative estimate of drug-likeness (QED) is 0.888. The summed E-state index contributed by atoms with van der Waals surface area (Å²) in [6.45, 7) is 7.08. The fraction of sp³-hybridized carbons (Fsp3) is 0.706. The van der Waals surface area contributed by atoms with Gasteiger partial charge < -0.3 is 11.5 Å². The molecule has 3 nitrogen and oxygen atoms in total. The molecule has 20 heavy (non-hydrogen) atoms. The minimum atomic E-state index is 0.248. The summed E-state index contributed by atoms with van der Waals surface area (Å²) in [5.41, 5.74) is 13.8. The molecule has 1 aromatic rings.